The van der Waals surface area contributed by atoms with Crippen LogP contribution >= 0.6 is 23.2 Å². The molecule has 2 rings (SSSR count). The van der Waals surface area contributed by atoms with Gasteiger partial charge in [-0.3, -0.25) is 9.59 Å². The number of ether oxygens (including phenoxy) is 2. The number of amides is 2. The standard InChI is InChI=1S/C25H32Cl2N2O4/c1-5-28-25(31)17(4)29(16-19-8-11-20(26)21(27)14-19)24(30)13-10-18-9-12-22(32-6-2)23(15-18)33-7-3/h8-9,11-12,14-15,17H,5-7,10,13,16H2,1-4H3,(H,28,31). The van der Waals surface area contributed by atoms with Crippen LogP contribution in [0.3, 0.4) is 0 Å². The van der Waals surface area contributed by atoms with Gasteiger partial charge in [0.2, 0.25) is 11.8 Å². The van der Waals surface area contributed by atoms with Gasteiger partial charge in [-0.2, -0.15) is 0 Å². The topological polar surface area (TPSA) is 67.9 Å². The summed E-state index contributed by atoms with van der Waals surface area (Å²) in [6, 6.07) is 10.3. The number of halogens is 2. The van der Waals surface area contributed by atoms with Gasteiger partial charge in [-0.15, -0.1) is 0 Å². The van der Waals surface area contributed by atoms with Gasteiger partial charge in [-0.1, -0.05) is 35.3 Å². The highest BCUT2D eigenvalue weighted by molar-refractivity contribution is 6.42. The molecule has 33 heavy (non-hydrogen) atoms. The first-order valence-corrected chi connectivity index (χ1v) is 12.0. The van der Waals surface area contributed by atoms with Crippen LogP contribution in [0, 0.1) is 0 Å². The number of carbonyl (C=O) groups excluding carboxylic acids is 2. The highest BCUT2D eigenvalue weighted by Crippen LogP contribution is 2.29. The molecule has 0 heterocycles. The molecule has 2 aromatic rings. The molecule has 2 amide bonds. The monoisotopic (exact) mass is 494 g/mol. The summed E-state index contributed by atoms with van der Waals surface area (Å²) < 4.78 is 11.3. The Bertz CT molecular complexity index is 952. The van der Waals surface area contributed by atoms with Gasteiger partial charge in [0.1, 0.15) is 6.04 Å². The van der Waals surface area contributed by atoms with Crippen LogP contribution in [-0.4, -0.2) is 42.5 Å². The van der Waals surface area contributed by atoms with E-state index in [9.17, 15) is 9.59 Å². The van der Waals surface area contributed by atoms with Crippen LogP contribution in [0.1, 0.15) is 45.2 Å². The molecule has 1 unspecified atom stereocenters. The third-order valence-electron chi connectivity index (χ3n) is 5.09. The minimum atomic E-state index is -0.633. The number of nitrogens with zero attached hydrogens (tertiary/aromatic N) is 1. The molecule has 0 aliphatic rings. The molecule has 0 spiro atoms. The van der Waals surface area contributed by atoms with Crippen molar-refractivity contribution in [3.63, 3.8) is 0 Å². The van der Waals surface area contributed by atoms with Crippen LogP contribution in [0.2, 0.25) is 10.0 Å². The third kappa shape index (κ3) is 7.83. The van der Waals surface area contributed by atoms with E-state index in [-0.39, 0.29) is 24.8 Å². The molecule has 0 radical (unpaired) electrons. The average Bonchev–Trinajstić information content (AvgIpc) is 2.79. The van der Waals surface area contributed by atoms with Crippen LogP contribution in [0.4, 0.5) is 0 Å². The number of likely N-dealkylation sites (N-methyl/N-ethyl adjacent to an activating group) is 1. The fourth-order valence-electron chi connectivity index (χ4n) is 3.39. The average molecular weight is 495 g/mol. The Morgan fingerprint density at radius 2 is 1.61 bits per heavy atom. The summed E-state index contributed by atoms with van der Waals surface area (Å²) in [5, 5.41) is 3.64. The minimum Gasteiger partial charge on any atom is -0.490 e. The predicted molar refractivity (Wildman–Crippen MR) is 132 cm³/mol. The van der Waals surface area contributed by atoms with Crippen molar-refractivity contribution in [2.75, 3.05) is 19.8 Å². The Kier molecular flexibility index (Phi) is 10.8. The van der Waals surface area contributed by atoms with E-state index in [0.717, 1.165) is 11.1 Å². The van der Waals surface area contributed by atoms with Gasteiger partial charge in [0.15, 0.2) is 11.5 Å². The lowest BCUT2D eigenvalue weighted by molar-refractivity contribution is -0.140. The second-order valence-corrected chi connectivity index (χ2v) is 8.30. The van der Waals surface area contributed by atoms with Crippen LogP contribution in [0.15, 0.2) is 36.4 Å². The first kappa shape index (κ1) is 26.8. The minimum absolute atomic E-state index is 0.133. The second-order valence-electron chi connectivity index (χ2n) is 7.49. The van der Waals surface area contributed by atoms with Gasteiger partial charge < -0.3 is 19.7 Å². The molecule has 0 bridgehead atoms. The maximum Gasteiger partial charge on any atom is 0.242 e. The Morgan fingerprint density at radius 3 is 2.24 bits per heavy atom. The van der Waals surface area contributed by atoms with Crippen molar-refractivity contribution in [2.24, 2.45) is 0 Å². The maximum absolute atomic E-state index is 13.2. The quantitative estimate of drug-likeness (QED) is 0.435. The van der Waals surface area contributed by atoms with E-state index in [1.165, 1.54) is 0 Å². The Labute approximate surface area is 206 Å². The summed E-state index contributed by atoms with van der Waals surface area (Å²) in [6.07, 6.45) is 0.746. The normalized spacial score (nSPS) is 11.6. The highest BCUT2D eigenvalue weighted by Gasteiger charge is 2.26. The smallest absolute Gasteiger partial charge is 0.242 e. The van der Waals surface area contributed by atoms with Crippen molar-refractivity contribution in [1.82, 2.24) is 10.2 Å². The molecule has 0 aliphatic heterocycles. The van der Waals surface area contributed by atoms with E-state index < -0.39 is 6.04 Å². The van der Waals surface area contributed by atoms with E-state index >= 15 is 0 Å². The molecule has 0 fully saturated rings. The van der Waals surface area contributed by atoms with E-state index in [1.54, 1.807) is 30.0 Å². The number of nitrogens with one attached hydrogen (secondary N) is 1. The molecule has 6 nitrogen and oxygen atoms in total. The lowest BCUT2D eigenvalue weighted by Crippen LogP contribution is -2.47. The van der Waals surface area contributed by atoms with Crippen molar-refractivity contribution in [1.29, 1.82) is 0 Å². The fourth-order valence-corrected chi connectivity index (χ4v) is 3.71. The van der Waals surface area contributed by atoms with Crippen molar-refractivity contribution in [2.45, 2.75) is 53.1 Å². The summed E-state index contributed by atoms with van der Waals surface area (Å²) in [6.45, 7) is 9.20. The van der Waals surface area contributed by atoms with Gasteiger partial charge in [0.25, 0.3) is 0 Å². The summed E-state index contributed by atoms with van der Waals surface area (Å²) in [7, 11) is 0. The van der Waals surface area contributed by atoms with Crippen LogP contribution < -0.4 is 14.8 Å². The lowest BCUT2D eigenvalue weighted by atomic mass is 10.1. The van der Waals surface area contributed by atoms with Gasteiger partial charge in [0.05, 0.1) is 23.3 Å². The van der Waals surface area contributed by atoms with Crippen LogP contribution in [-0.2, 0) is 22.6 Å². The molecule has 1 atom stereocenters. The Morgan fingerprint density at radius 1 is 0.939 bits per heavy atom. The van der Waals surface area contributed by atoms with E-state index in [1.807, 2.05) is 39.0 Å². The molecule has 0 aromatic heterocycles. The van der Waals surface area contributed by atoms with Crippen molar-refractivity contribution in [3.05, 3.63) is 57.6 Å². The Balaban J connectivity index is 2.19. The molecule has 8 heteroatoms. The number of benzene rings is 2. The summed E-state index contributed by atoms with van der Waals surface area (Å²) >= 11 is 12.2. The number of carbonyl (C=O) groups is 2. The molecule has 2 aromatic carbocycles. The number of rotatable bonds is 12. The largest absolute Gasteiger partial charge is 0.490 e. The molecule has 0 saturated carbocycles. The van der Waals surface area contributed by atoms with Gasteiger partial charge in [0, 0.05) is 19.5 Å². The Hall–Kier alpha value is -2.44. The first-order chi connectivity index (χ1) is 15.8. The van der Waals surface area contributed by atoms with Gasteiger partial charge in [-0.05, 0) is 69.5 Å². The van der Waals surface area contributed by atoms with Crippen molar-refractivity contribution in [3.8, 4) is 11.5 Å². The SMILES string of the molecule is CCNC(=O)C(C)N(Cc1ccc(Cl)c(Cl)c1)C(=O)CCc1ccc(OCC)c(OCC)c1. The van der Waals surface area contributed by atoms with Crippen LogP contribution in [0.5, 0.6) is 11.5 Å². The number of hydrogen-bond acceptors (Lipinski definition) is 4. The van der Waals surface area contributed by atoms with E-state index in [0.29, 0.717) is 47.7 Å². The second kappa shape index (κ2) is 13.3. The number of aryl methyl sites for hydroxylation is 1. The fraction of sp³-hybridized carbons (Fsp3) is 0.440. The first-order valence-electron chi connectivity index (χ1n) is 11.2. The van der Waals surface area contributed by atoms with Gasteiger partial charge >= 0.3 is 0 Å². The molecule has 0 aliphatic carbocycles. The number of hydrogen-bond donors (Lipinski definition) is 1. The summed E-state index contributed by atoms with van der Waals surface area (Å²) in [5.41, 5.74) is 1.75. The summed E-state index contributed by atoms with van der Waals surface area (Å²) in [5.74, 6) is 1.01. The maximum atomic E-state index is 13.2. The molecule has 180 valence electrons. The van der Waals surface area contributed by atoms with E-state index in [4.69, 9.17) is 32.7 Å². The molecular weight excluding hydrogens is 463 g/mol. The third-order valence-corrected chi connectivity index (χ3v) is 5.83. The van der Waals surface area contributed by atoms with Gasteiger partial charge in [-0.25, -0.2) is 0 Å². The van der Waals surface area contributed by atoms with Crippen molar-refractivity contribution >= 4 is 35.0 Å². The zero-order chi connectivity index (χ0) is 24.4. The van der Waals surface area contributed by atoms with Crippen molar-refractivity contribution < 1.29 is 19.1 Å². The molecule has 1 N–H and O–H groups in total. The van der Waals surface area contributed by atoms with Crippen LogP contribution in [0.25, 0.3) is 0 Å². The van der Waals surface area contributed by atoms with E-state index in [2.05, 4.69) is 5.32 Å². The predicted octanol–water partition coefficient (Wildman–Crippen LogP) is 5.28. The zero-order valence-electron chi connectivity index (χ0n) is 19.6. The molecule has 0 saturated heterocycles. The molecular formula is C25H32Cl2N2O4. The highest BCUT2D eigenvalue weighted by atomic mass is 35.5. The lowest BCUT2D eigenvalue weighted by Gasteiger charge is -2.29. The summed E-state index contributed by atoms with van der Waals surface area (Å²) in [4.78, 5) is 27.3. The zero-order valence-corrected chi connectivity index (χ0v) is 21.1.